The van der Waals surface area contributed by atoms with E-state index in [9.17, 15) is 4.79 Å². The van der Waals surface area contributed by atoms with Gasteiger partial charge in [0, 0.05) is 6.42 Å². The van der Waals surface area contributed by atoms with Crippen LogP contribution in [-0.2, 0) is 11.2 Å². The van der Waals surface area contributed by atoms with Crippen LogP contribution in [0, 0.1) is 5.92 Å². The molecule has 0 aromatic heterocycles. The number of benzene rings is 1. The summed E-state index contributed by atoms with van der Waals surface area (Å²) in [6.07, 6.45) is 3.77. The fourth-order valence-corrected chi connectivity index (χ4v) is 1.47. The topological polar surface area (TPSA) is 17.1 Å². The number of rotatable bonds is 5. The summed E-state index contributed by atoms with van der Waals surface area (Å²) in [5.74, 6) is 0.604. The van der Waals surface area contributed by atoms with Crippen LogP contribution < -0.4 is 0 Å². The van der Waals surface area contributed by atoms with E-state index in [4.69, 9.17) is 0 Å². The van der Waals surface area contributed by atoms with Gasteiger partial charge in [-0.3, -0.25) is 0 Å². The Morgan fingerprint density at radius 1 is 1.31 bits per heavy atom. The Bertz CT molecular complexity index is 241. The van der Waals surface area contributed by atoms with Crippen LogP contribution in [0.1, 0.15) is 25.3 Å². The lowest BCUT2D eigenvalue weighted by atomic mass is 9.97. The second-order valence-electron chi connectivity index (χ2n) is 3.54. The Hall–Kier alpha value is -1.11. The van der Waals surface area contributed by atoms with E-state index >= 15 is 0 Å². The average molecular weight is 176 g/mol. The molecule has 1 rings (SSSR count). The molecule has 0 amide bonds. The van der Waals surface area contributed by atoms with Crippen molar-refractivity contribution in [3.05, 3.63) is 35.9 Å². The molecule has 0 aliphatic heterocycles. The predicted octanol–water partition coefficient (Wildman–Crippen LogP) is 2.84. The van der Waals surface area contributed by atoms with E-state index in [1.807, 2.05) is 6.07 Å². The van der Waals surface area contributed by atoms with Crippen LogP contribution in [-0.4, -0.2) is 6.29 Å². The highest BCUT2D eigenvalue weighted by Crippen LogP contribution is 2.12. The molecule has 1 unspecified atom stereocenters. The minimum Gasteiger partial charge on any atom is -0.303 e. The zero-order valence-corrected chi connectivity index (χ0v) is 8.07. The van der Waals surface area contributed by atoms with E-state index in [0.717, 1.165) is 19.1 Å². The average Bonchev–Trinajstić information content (AvgIpc) is 2.16. The fourth-order valence-electron chi connectivity index (χ4n) is 1.47. The Labute approximate surface area is 79.8 Å². The van der Waals surface area contributed by atoms with Crippen LogP contribution in [0.4, 0.5) is 0 Å². The molecule has 0 fully saturated rings. The van der Waals surface area contributed by atoms with Crippen molar-refractivity contribution in [2.75, 3.05) is 0 Å². The van der Waals surface area contributed by atoms with E-state index in [2.05, 4.69) is 31.2 Å². The number of hydrogen-bond acceptors (Lipinski definition) is 1. The third kappa shape index (κ3) is 3.88. The normalized spacial score (nSPS) is 12.4. The quantitative estimate of drug-likeness (QED) is 0.630. The van der Waals surface area contributed by atoms with Crippen molar-refractivity contribution < 1.29 is 4.79 Å². The Balaban J connectivity index is 2.36. The first-order valence-corrected chi connectivity index (χ1v) is 4.80. The van der Waals surface area contributed by atoms with Gasteiger partial charge in [-0.15, -0.1) is 0 Å². The van der Waals surface area contributed by atoms with Crippen molar-refractivity contribution in [2.45, 2.75) is 26.2 Å². The molecule has 1 atom stereocenters. The molecule has 0 heterocycles. The zero-order valence-electron chi connectivity index (χ0n) is 8.07. The van der Waals surface area contributed by atoms with Gasteiger partial charge in [0.1, 0.15) is 6.29 Å². The van der Waals surface area contributed by atoms with Crippen LogP contribution in [0.5, 0.6) is 0 Å². The first kappa shape index (κ1) is 9.97. The summed E-state index contributed by atoms with van der Waals surface area (Å²) in [6, 6.07) is 10.4. The summed E-state index contributed by atoms with van der Waals surface area (Å²) in [5, 5.41) is 0. The molecule has 0 saturated heterocycles. The Morgan fingerprint density at radius 2 is 2.00 bits per heavy atom. The minimum absolute atomic E-state index is 0.604. The third-order valence-corrected chi connectivity index (χ3v) is 2.20. The highest BCUT2D eigenvalue weighted by atomic mass is 16.1. The molecule has 0 aliphatic carbocycles. The SMILES string of the molecule is CC(CCC=O)Cc1ccccc1. The molecule has 13 heavy (non-hydrogen) atoms. The molecule has 0 bridgehead atoms. The van der Waals surface area contributed by atoms with Crippen molar-refractivity contribution >= 4 is 6.29 Å². The van der Waals surface area contributed by atoms with E-state index in [1.54, 1.807) is 0 Å². The second-order valence-corrected chi connectivity index (χ2v) is 3.54. The predicted molar refractivity (Wildman–Crippen MR) is 54.6 cm³/mol. The number of carbonyl (C=O) groups is 1. The van der Waals surface area contributed by atoms with Crippen molar-refractivity contribution in [3.63, 3.8) is 0 Å². The van der Waals surface area contributed by atoms with Gasteiger partial charge in [-0.1, -0.05) is 37.3 Å². The van der Waals surface area contributed by atoms with Crippen LogP contribution in [0.3, 0.4) is 0 Å². The van der Waals surface area contributed by atoms with E-state index < -0.39 is 0 Å². The molecule has 1 aromatic rings. The van der Waals surface area contributed by atoms with Crippen molar-refractivity contribution in [2.24, 2.45) is 5.92 Å². The summed E-state index contributed by atoms with van der Waals surface area (Å²) >= 11 is 0. The van der Waals surface area contributed by atoms with Crippen molar-refractivity contribution in [1.29, 1.82) is 0 Å². The molecule has 70 valence electrons. The standard InChI is InChI=1S/C12H16O/c1-11(6-5-9-13)10-12-7-3-2-4-8-12/h2-4,7-9,11H,5-6,10H2,1H3. The molecule has 1 aromatic carbocycles. The van der Waals surface area contributed by atoms with Gasteiger partial charge < -0.3 is 4.79 Å². The maximum absolute atomic E-state index is 10.2. The second kappa shape index (κ2) is 5.52. The fraction of sp³-hybridized carbons (Fsp3) is 0.417. The van der Waals surface area contributed by atoms with Gasteiger partial charge in [-0.2, -0.15) is 0 Å². The minimum atomic E-state index is 0.604. The van der Waals surface area contributed by atoms with Crippen molar-refractivity contribution in [1.82, 2.24) is 0 Å². The molecular weight excluding hydrogens is 160 g/mol. The van der Waals surface area contributed by atoms with Crippen LogP contribution in [0.2, 0.25) is 0 Å². The van der Waals surface area contributed by atoms with E-state index in [1.165, 1.54) is 5.56 Å². The summed E-state index contributed by atoms with van der Waals surface area (Å²) in [4.78, 5) is 10.2. The first-order chi connectivity index (χ1) is 6.33. The van der Waals surface area contributed by atoms with Gasteiger partial charge in [0.2, 0.25) is 0 Å². The van der Waals surface area contributed by atoms with Crippen molar-refractivity contribution in [3.8, 4) is 0 Å². The lowest BCUT2D eigenvalue weighted by molar-refractivity contribution is -0.108. The molecule has 0 N–H and O–H groups in total. The van der Waals surface area contributed by atoms with Gasteiger partial charge in [0.15, 0.2) is 0 Å². The largest absolute Gasteiger partial charge is 0.303 e. The smallest absolute Gasteiger partial charge is 0.120 e. The summed E-state index contributed by atoms with van der Waals surface area (Å²) in [6.45, 7) is 2.19. The first-order valence-electron chi connectivity index (χ1n) is 4.80. The summed E-state index contributed by atoms with van der Waals surface area (Å²) in [5.41, 5.74) is 1.36. The highest BCUT2D eigenvalue weighted by Gasteiger charge is 2.02. The molecule has 1 nitrogen and oxygen atoms in total. The zero-order chi connectivity index (χ0) is 9.52. The van der Waals surface area contributed by atoms with Crippen LogP contribution in [0.25, 0.3) is 0 Å². The molecule has 0 spiro atoms. The summed E-state index contributed by atoms with van der Waals surface area (Å²) in [7, 11) is 0. The van der Waals surface area contributed by atoms with Gasteiger partial charge >= 0.3 is 0 Å². The lowest BCUT2D eigenvalue weighted by Crippen LogP contribution is -1.99. The number of hydrogen-bond donors (Lipinski definition) is 0. The van der Waals surface area contributed by atoms with E-state index in [0.29, 0.717) is 12.3 Å². The molecule has 0 radical (unpaired) electrons. The monoisotopic (exact) mass is 176 g/mol. The van der Waals surface area contributed by atoms with Gasteiger partial charge in [-0.25, -0.2) is 0 Å². The van der Waals surface area contributed by atoms with Gasteiger partial charge in [0.05, 0.1) is 0 Å². The number of aldehydes is 1. The van der Waals surface area contributed by atoms with Gasteiger partial charge in [-0.05, 0) is 24.3 Å². The third-order valence-electron chi connectivity index (χ3n) is 2.20. The Morgan fingerprint density at radius 3 is 2.62 bits per heavy atom. The van der Waals surface area contributed by atoms with E-state index in [-0.39, 0.29) is 0 Å². The van der Waals surface area contributed by atoms with Gasteiger partial charge in [0.25, 0.3) is 0 Å². The molecule has 1 heteroatoms. The lowest BCUT2D eigenvalue weighted by Gasteiger charge is -2.08. The van der Waals surface area contributed by atoms with Crippen LogP contribution >= 0.6 is 0 Å². The molecule has 0 saturated carbocycles. The number of carbonyl (C=O) groups excluding carboxylic acids is 1. The highest BCUT2D eigenvalue weighted by molar-refractivity contribution is 5.49. The molecular formula is C12H16O. The maximum Gasteiger partial charge on any atom is 0.120 e. The molecule has 0 aliphatic rings. The Kier molecular flexibility index (Phi) is 4.24. The summed E-state index contributed by atoms with van der Waals surface area (Å²) < 4.78 is 0. The maximum atomic E-state index is 10.2. The van der Waals surface area contributed by atoms with Crippen LogP contribution in [0.15, 0.2) is 30.3 Å².